The molecule has 0 aliphatic heterocycles. The molecule has 0 aromatic carbocycles. The molecule has 1 heterocycles. The van der Waals surface area contributed by atoms with Crippen molar-refractivity contribution in [3.63, 3.8) is 0 Å². The van der Waals surface area contributed by atoms with E-state index >= 15 is 0 Å². The van der Waals surface area contributed by atoms with Crippen molar-refractivity contribution >= 4 is 12.2 Å². The van der Waals surface area contributed by atoms with Gasteiger partial charge in [0.25, 0.3) is 0 Å². The molecule has 0 spiro atoms. The Morgan fingerprint density at radius 1 is 1.00 bits per heavy atom. The fourth-order valence-electron chi connectivity index (χ4n) is 1.12. The zero-order chi connectivity index (χ0) is 10.1. The average molecular weight is 180 g/mol. The van der Waals surface area contributed by atoms with Crippen LogP contribution in [0.5, 0.6) is 0 Å². The fraction of sp³-hybridized carbons (Fsp3) is 0.500. The molecular formula is C12H20O. The first-order valence-corrected chi connectivity index (χ1v) is 5.21. The van der Waals surface area contributed by atoms with E-state index in [9.17, 15) is 0 Å². The first kappa shape index (κ1) is 12.0. The van der Waals surface area contributed by atoms with Crippen LogP contribution < -0.4 is 10.6 Å². The number of hydrogen-bond donors (Lipinski definition) is 0. The van der Waals surface area contributed by atoms with E-state index in [1.807, 2.05) is 33.8 Å². The highest BCUT2D eigenvalue weighted by Crippen LogP contribution is 1.93. The molecular weight excluding hydrogens is 160 g/mol. The van der Waals surface area contributed by atoms with Crippen LogP contribution in [0.1, 0.15) is 40.5 Å². The SMILES string of the molecule is C1=c2ccoc2=CCC1.CC.CC. The Hall–Kier alpha value is -0.980. The first-order valence-electron chi connectivity index (χ1n) is 5.21. The van der Waals surface area contributed by atoms with Crippen LogP contribution >= 0.6 is 0 Å². The van der Waals surface area contributed by atoms with E-state index in [1.54, 1.807) is 6.26 Å². The van der Waals surface area contributed by atoms with Gasteiger partial charge in [0.2, 0.25) is 0 Å². The highest BCUT2D eigenvalue weighted by atomic mass is 16.3. The molecule has 1 aliphatic rings. The molecule has 0 radical (unpaired) electrons. The molecule has 0 saturated heterocycles. The maximum atomic E-state index is 5.17. The third-order valence-corrected chi connectivity index (χ3v) is 1.59. The third-order valence-electron chi connectivity index (χ3n) is 1.59. The summed E-state index contributed by atoms with van der Waals surface area (Å²) in [7, 11) is 0. The van der Waals surface area contributed by atoms with Crippen LogP contribution in [0.3, 0.4) is 0 Å². The van der Waals surface area contributed by atoms with Gasteiger partial charge in [-0.05, 0) is 25.0 Å². The summed E-state index contributed by atoms with van der Waals surface area (Å²) in [6.07, 6.45) is 8.37. The molecule has 0 fully saturated rings. The maximum Gasteiger partial charge on any atom is 0.129 e. The van der Waals surface area contributed by atoms with Gasteiger partial charge in [-0.1, -0.05) is 33.8 Å². The second kappa shape index (κ2) is 7.66. The van der Waals surface area contributed by atoms with Gasteiger partial charge < -0.3 is 4.42 Å². The summed E-state index contributed by atoms with van der Waals surface area (Å²) in [6, 6.07) is 2.00. The molecule has 0 amide bonds. The second-order valence-corrected chi connectivity index (χ2v) is 2.23. The third kappa shape index (κ3) is 3.49. The summed E-state index contributed by atoms with van der Waals surface area (Å²) in [4.78, 5) is 0. The predicted molar refractivity (Wildman–Crippen MR) is 58.8 cm³/mol. The molecule has 1 aromatic heterocycles. The van der Waals surface area contributed by atoms with Crippen molar-refractivity contribution < 1.29 is 4.42 Å². The molecule has 0 bridgehead atoms. The Balaban J connectivity index is 0.000000322. The van der Waals surface area contributed by atoms with E-state index in [0.29, 0.717) is 0 Å². The van der Waals surface area contributed by atoms with Gasteiger partial charge in [0.1, 0.15) is 5.42 Å². The minimum Gasteiger partial charge on any atom is -0.465 e. The maximum absolute atomic E-state index is 5.17. The molecule has 0 saturated carbocycles. The molecule has 1 nitrogen and oxygen atoms in total. The van der Waals surface area contributed by atoms with E-state index in [0.717, 1.165) is 18.3 Å². The summed E-state index contributed by atoms with van der Waals surface area (Å²) in [6.45, 7) is 8.00. The molecule has 0 N–H and O–H groups in total. The molecule has 0 unspecified atom stereocenters. The van der Waals surface area contributed by atoms with E-state index in [2.05, 4.69) is 12.2 Å². The first-order chi connectivity index (χ1) is 6.47. The Morgan fingerprint density at radius 2 is 1.62 bits per heavy atom. The van der Waals surface area contributed by atoms with Gasteiger partial charge in [0.15, 0.2) is 0 Å². The van der Waals surface area contributed by atoms with Crippen molar-refractivity contribution in [2.24, 2.45) is 0 Å². The van der Waals surface area contributed by atoms with E-state index in [-0.39, 0.29) is 0 Å². The molecule has 13 heavy (non-hydrogen) atoms. The fourth-order valence-corrected chi connectivity index (χ4v) is 1.12. The van der Waals surface area contributed by atoms with Crippen LogP contribution in [0, 0.1) is 0 Å². The van der Waals surface area contributed by atoms with E-state index < -0.39 is 0 Å². The summed E-state index contributed by atoms with van der Waals surface area (Å²) < 4.78 is 5.17. The van der Waals surface area contributed by atoms with Crippen LogP contribution in [0.15, 0.2) is 16.7 Å². The Labute approximate surface area is 80.8 Å². The number of fused-ring (bicyclic) bond motifs is 1. The summed E-state index contributed by atoms with van der Waals surface area (Å²) in [5, 5.41) is 1.25. The zero-order valence-electron chi connectivity index (χ0n) is 9.13. The lowest BCUT2D eigenvalue weighted by Crippen LogP contribution is -2.21. The van der Waals surface area contributed by atoms with Gasteiger partial charge in [-0.2, -0.15) is 0 Å². The van der Waals surface area contributed by atoms with Crippen molar-refractivity contribution in [3.05, 3.63) is 23.0 Å². The van der Waals surface area contributed by atoms with Crippen LogP contribution in [0.25, 0.3) is 12.2 Å². The molecule has 2 rings (SSSR count). The molecule has 0 atom stereocenters. The van der Waals surface area contributed by atoms with Crippen molar-refractivity contribution in [1.82, 2.24) is 0 Å². The monoisotopic (exact) mass is 180 g/mol. The molecule has 1 aromatic rings. The lowest BCUT2D eigenvalue weighted by molar-refractivity contribution is 0.528. The van der Waals surface area contributed by atoms with Crippen molar-refractivity contribution in [2.75, 3.05) is 0 Å². The van der Waals surface area contributed by atoms with Crippen LogP contribution in [0.2, 0.25) is 0 Å². The van der Waals surface area contributed by atoms with Crippen LogP contribution in [0.4, 0.5) is 0 Å². The van der Waals surface area contributed by atoms with Crippen molar-refractivity contribution in [3.8, 4) is 0 Å². The lowest BCUT2D eigenvalue weighted by Gasteiger charge is -1.89. The highest BCUT2D eigenvalue weighted by Gasteiger charge is 1.92. The Bertz CT molecular complexity index is 276. The van der Waals surface area contributed by atoms with Gasteiger partial charge >= 0.3 is 0 Å². The Kier molecular flexibility index (Phi) is 7.08. The smallest absolute Gasteiger partial charge is 0.129 e. The highest BCUT2D eigenvalue weighted by molar-refractivity contribution is 5.34. The summed E-state index contributed by atoms with van der Waals surface area (Å²) in [5.74, 6) is 0. The van der Waals surface area contributed by atoms with Crippen molar-refractivity contribution in [1.29, 1.82) is 0 Å². The van der Waals surface area contributed by atoms with Gasteiger partial charge in [-0.25, -0.2) is 0 Å². The number of rotatable bonds is 0. The topological polar surface area (TPSA) is 13.1 Å². The molecule has 1 heteroatoms. The summed E-state index contributed by atoms with van der Waals surface area (Å²) >= 11 is 0. The van der Waals surface area contributed by atoms with Gasteiger partial charge in [0.05, 0.1) is 6.26 Å². The normalized spacial score (nSPS) is 11.7. The molecule has 74 valence electrons. The number of hydrogen-bond acceptors (Lipinski definition) is 1. The molecule has 1 aliphatic carbocycles. The second-order valence-electron chi connectivity index (χ2n) is 2.23. The standard InChI is InChI=1S/C8H8O.2C2H6/c1-2-4-8-7(3-1)5-6-9-8;2*1-2/h3-6H,1-2H2;2*1-2H3. The van der Waals surface area contributed by atoms with Crippen LogP contribution in [-0.2, 0) is 0 Å². The minimum absolute atomic E-state index is 1.04. The van der Waals surface area contributed by atoms with E-state index in [4.69, 9.17) is 4.42 Å². The van der Waals surface area contributed by atoms with Crippen LogP contribution in [-0.4, -0.2) is 0 Å². The summed E-state index contributed by atoms with van der Waals surface area (Å²) in [5.41, 5.74) is 1.04. The average Bonchev–Trinajstić information content (AvgIpc) is 2.71. The minimum atomic E-state index is 1.04. The van der Waals surface area contributed by atoms with Gasteiger partial charge in [0, 0.05) is 5.22 Å². The predicted octanol–water partition coefficient (Wildman–Crippen LogP) is 2.69. The quantitative estimate of drug-likeness (QED) is 0.598. The van der Waals surface area contributed by atoms with Crippen molar-refractivity contribution in [2.45, 2.75) is 40.5 Å². The number of furan rings is 1. The lowest BCUT2D eigenvalue weighted by atomic mass is 10.2. The van der Waals surface area contributed by atoms with Gasteiger partial charge in [-0.15, -0.1) is 0 Å². The largest absolute Gasteiger partial charge is 0.465 e. The van der Waals surface area contributed by atoms with Gasteiger partial charge in [-0.3, -0.25) is 0 Å². The Morgan fingerprint density at radius 3 is 2.23 bits per heavy atom. The van der Waals surface area contributed by atoms with E-state index in [1.165, 1.54) is 5.22 Å². The zero-order valence-corrected chi connectivity index (χ0v) is 9.13.